The molecule has 23 heavy (non-hydrogen) atoms. The van der Waals surface area contributed by atoms with E-state index in [9.17, 15) is 0 Å². The smallest absolute Gasteiger partial charge is 0.191 e. The van der Waals surface area contributed by atoms with E-state index in [0.717, 1.165) is 24.3 Å². The molecule has 5 heteroatoms. The lowest BCUT2D eigenvalue weighted by Crippen LogP contribution is -2.45. The number of guanidine groups is 1. The Labute approximate surface area is 161 Å². The molecule has 4 nitrogen and oxygen atoms in total. The van der Waals surface area contributed by atoms with Crippen LogP contribution < -0.4 is 10.6 Å². The van der Waals surface area contributed by atoms with Gasteiger partial charge >= 0.3 is 0 Å². The predicted octanol–water partition coefficient (Wildman–Crippen LogP) is 3.72. The Morgan fingerprint density at radius 3 is 2.35 bits per heavy atom. The zero-order chi connectivity index (χ0) is 16.4. The molecule has 0 aromatic rings. The van der Waals surface area contributed by atoms with E-state index in [-0.39, 0.29) is 24.0 Å². The molecule has 0 aliphatic carbocycles. The van der Waals surface area contributed by atoms with Gasteiger partial charge in [0.25, 0.3) is 0 Å². The molecule has 1 atom stereocenters. The Kier molecular flexibility index (Phi) is 13.3. The van der Waals surface area contributed by atoms with Crippen LogP contribution in [-0.4, -0.2) is 50.1 Å². The molecule has 1 saturated heterocycles. The fourth-order valence-corrected chi connectivity index (χ4v) is 3.05. The zero-order valence-electron chi connectivity index (χ0n) is 15.9. The van der Waals surface area contributed by atoms with Crippen molar-refractivity contribution in [3.8, 4) is 0 Å². The Balaban J connectivity index is 0.00000484. The summed E-state index contributed by atoms with van der Waals surface area (Å²) >= 11 is 0. The number of nitrogens with zero attached hydrogens (tertiary/aromatic N) is 2. The Hall–Kier alpha value is -0.0400. The molecule has 1 unspecified atom stereocenters. The predicted molar refractivity (Wildman–Crippen MR) is 113 cm³/mol. The van der Waals surface area contributed by atoms with Crippen molar-refractivity contribution in [3.63, 3.8) is 0 Å². The average Bonchev–Trinajstić information content (AvgIpc) is 2.51. The third kappa shape index (κ3) is 10.4. The summed E-state index contributed by atoms with van der Waals surface area (Å²) in [5.74, 6) is 2.53. The molecule has 0 amide bonds. The summed E-state index contributed by atoms with van der Waals surface area (Å²) in [6.45, 7) is 13.9. The third-order valence-corrected chi connectivity index (χ3v) is 4.59. The second-order valence-corrected chi connectivity index (χ2v) is 7.25. The van der Waals surface area contributed by atoms with Gasteiger partial charge < -0.3 is 15.5 Å². The fourth-order valence-electron chi connectivity index (χ4n) is 3.05. The molecule has 0 aromatic carbocycles. The normalized spacial score (nSPS) is 18.6. The van der Waals surface area contributed by atoms with E-state index < -0.39 is 0 Å². The van der Waals surface area contributed by atoms with Gasteiger partial charge in [-0.05, 0) is 70.5 Å². The minimum absolute atomic E-state index is 0. The van der Waals surface area contributed by atoms with E-state index in [1.807, 2.05) is 7.05 Å². The van der Waals surface area contributed by atoms with Gasteiger partial charge in [0.15, 0.2) is 5.96 Å². The number of aliphatic imine (C=N–C) groups is 1. The number of rotatable bonds is 8. The van der Waals surface area contributed by atoms with Gasteiger partial charge in [0.1, 0.15) is 0 Å². The number of piperidine rings is 1. The van der Waals surface area contributed by atoms with E-state index in [1.54, 1.807) is 0 Å². The first kappa shape index (κ1) is 23.0. The molecule has 138 valence electrons. The molecule has 1 fully saturated rings. The second-order valence-electron chi connectivity index (χ2n) is 7.25. The van der Waals surface area contributed by atoms with Crippen molar-refractivity contribution in [2.75, 3.05) is 33.2 Å². The Morgan fingerprint density at radius 1 is 1.17 bits per heavy atom. The summed E-state index contributed by atoms with van der Waals surface area (Å²) < 4.78 is 0. The van der Waals surface area contributed by atoms with Crippen molar-refractivity contribution < 1.29 is 0 Å². The second kappa shape index (κ2) is 13.3. The van der Waals surface area contributed by atoms with Crippen LogP contribution in [0.2, 0.25) is 0 Å². The van der Waals surface area contributed by atoms with Crippen LogP contribution in [0.25, 0.3) is 0 Å². The summed E-state index contributed by atoms with van der Waals surface area (Å²) in [5.41, 5.74) is 0. The van der Waals surface area contributed by atoms with Crippen LogP contribution in [0.4, 0.5) is 0 Å². The maximum atomic E-state index is 4.37. The molecule has 0 saturated carbocycles. The van der Waals surface area contributed by atoms with Crippen molar-refractivity contribution in [1.29, 1.82) is 0 Å². The number of hydrogen-bond acceptors (Lipinski definition) is 2. The van der Waals surface area contributed by atoms with Crippen molar-refractivity contribution in [2.45, 2.75) is 65.8 Å². The van der Waals surface area contributed by atoms with Gasteiger partial charge in [-0.3, -0.25) is 4.99 Å². The topological polar surface area (TPSA) is 39.7 Å². The number of hydrogen-bond donors (Lipinski definition) is 2. The van der Waals surface area contributed by atoms with Crippen molar-refractivity contribution in [3.05, 3.63) is 0 Å². The third-order valence-electron chi connectivity index (χ3n) is 4.59. The SMILES string of the molecule is CCCN1CCC(CNC(=NC)NC(C)CCC(C)C)CC1.I. The lowest BCUT2D eigenvalue weighted by molar-refractivity contribution is 0.185. The van der Waals surface area contributed by atoms with Gasteiger partial charge in [-0.15, -0.1) is 24.0 Å². The van der Waals surface area contributed by atoms with Crippen molar-refractivity contribution >= 4 is 29.9 Å². The van der Waals surface area contributed by atoms with Gasteiger partial charge in [0.05, 0.1) is 0 Å². The standard InChI is InChI=1S/C18H38N4.HI/c1-6-11-22-12-9-17(10-13-22)14-20-18(19-5)21-16(4)8-7-15(2)3;/h15-17H,6-14H2,1-5H3,(H2,19,20,21);1H. The van der Waals surface area contributed by atoms with E-state index >= 15 is 0 Å². The first-order chi connectivity index (χ1) is 10.5. The van der Waals surface area contributed by atoms with Crippen LogP contribution in [0.3, 0.4) is 0 Å². The number of halogens is 1. The molecular weight excluding hydrogens is 399 g/mol. The van der Waals surface area contributed by atoms with Crippen LogP contribution in [0, 0.1) is 11.8 Å². The molecule has 1 rings (SSSR count). The molecule has 1 heterocycles. The summed E-state index contributed by atoms with van der Waals surface area (Å²) in [6.07, 6.45) is 6.36. The van der Waals surface area contributed by atoms with E-state index in [1.165, 1.54) is 51.7 Å². The minimum atomic E-state index is 0. The highest BCUT2D eigenvalue weighted by molar-refractivity contribution is 14.0. The minimum Gasteiger partial charge on any atom is -0.356 e. The van der Waals surface area contributed by atoms with Crippen molar-refractivity contribution in [2.24, 2.45) is 16.8 Å². The first-order valence-electron chi connectivity index (χ1n) is 9.24. The van der Waals surface area contributed by atoms with Gasteiger partial charge in [0.2, 0.25) is 0 Å². The number of nitrogens with one attached hydrogen (secondary N) is 2. The van der Waals surface area contributed by atoms with E-state index in [2.05, 4.69) is 48.2 Å². The van der Waals surface area contributed by atoms with E-state index in [0.29, 0.717) is 6.04 Å². The van der Waals surface area contributed by atoms with Crippen LogP contribution in [0.15, 0.2) is 4.99 Å². The molecular formula is C18H39IN4. The molecule has 1 aliphatic heterocycles. The van der Waals surface area contributed by atoms with E-state index in [4.69, 9.17) is 0 Å². The quantitative estimate of drug-likeness (QED) is 0.345. The first-order valence-corrected chi connectivity index (χ1v) is 9.24. The monoisotopic (exact) mass is 438 g/mol. The molecule has 0 radical (unpaired) electrons. The van der Waals surface area contributed by atoms with Crippen LogP contribution in [0.5, 0.6) is 0 Å². The molecule has 0 aromatic heterocycles. The lowest BCUT2D eigenvalue weighted by Gasteiger charge is -2.32. The average molecular weight is 438 g/mol. The fraction of sp³-hybridized carbons (Fsp3) is 0.944. The largest absolute Gasteiger partial charge is 0.356 e. The lowest BCUT2D eigenvalue weighted by atomic mass is 9.97. The highest BCUT2D eigenvalue weighted by Crippen LogP contribution is 2.16. The van der Waals surface area contributed by atoms with Gasteiger partial charge in [-0.1, -0.05) is 20.8 Å². The summed E-state index contributed by atoms with van der Waals surface area (Å²) in [5, 5.41) is 7.04. The van der Waals surface area contributed by atoms with Gasteiger partial charge in [0, 0.05) is 19.6 Å². The highest BCUT2D eigenvalue weighted by Gasteiger charge is 2.18. The molecule has 2 N–H and O–H groups in total. The number of likely N-dealkylation sites (tertiary alicyclic amines) is 1. The maximum Gasteiger partial charge on any atom is 0.191 e. The zero-order valence-corrected chi connectivity index (χ0v) is 18.2. The van der Waals surface area contributed by atoms with Gasteiger partial charge in [-0.2, -0.15) is 0 Å². The van der Waals surface area contributed by atoms with Crippen LogP contribution in [0.1, 0.15) is 59.8 Å². The van der Waals surface area contributed by atoms with Crippen LogP contribution in [-0.2, 0) is 0 Å². The van der Waals surface area contributed by atoms with Gasteiger partial charge in [-0.25, -0.2) is 0 Å². The Bertz CT molecular complexity index is 312. The van der Waals surface area contributed by atoms with Crippen molar-refractivity contribution in [1.82, 2.24) is 15.5 Å². The molecule has 1 aliphatic rings. The highest BCUT2D eigenvalue weighted by atomic mass is 127. The molecule has 0 bridgehead atoms. The Morgan fingerprint density at radius 2 is 1.83 bits per heavy atom. The summed E-state index contributed by atoms with van der Waals surface area (Å²) in [7, 11) is 1.87. The summed E-state index contributed by atoms with van der Waals surface area (Å²) in [6, 6.07) is 0.486. The van der Waals surface area contributed by atoms with Crippen LogP contribution >= 0.6 is 24.0 Å². The maximum absolute atomic E-state index is 4.37. The summed E-state index contributed by atoms with van der Waals surface area (Å²) in [4.78, 5) is 6.96. The molecule has 0 spiro atoms.